The molecule has 1 aliphatic rings. The van der Waals surface area contributed by atoms with Crippen LogP contribution >= 0.6 is 23.2 Å². The van der Waals surface area contributed by atoms with E-state index >= 15 is 0 Å². The SMILES string of the molecule is CCC[C@H]1CC[C@H](c2cc(Cl)c(C#N)c(Cl)c2)CC1. The highest BCUT2D eigenvalue weighted by molar-refractivity contribution is 6.36. The van der Waals surface area contributed by atoms with Crippen LogP contribution in [0.1, 0.15) is 62.5 Å². The van der Waals surface area contributed by atoms with Gasteiger partial charge in [-0.15, -0.1) is 0 Å². The van der Waals surface area contributed by atoms with Crippen molar-refractivity contribution in [2.75, 3.05) is 0 Å². The van der Waals surface area contributed by atoms with Gasteiger partial charge in [0.1, 0.15) is 6.07 Å². The monoisotopic (exact) mass is 295 g/mol. The molecule has 1 aliphatic carbocycles. The van der Waals surface area contributed by atoms with E-state index in [-0.39, 0.29) is 0 Å². The standard InChI is InChI=1S/C16H19Cl2N/c1-2-3-11-4-6-12(7-5-11)13-8-15(17)14(10-19)16(18)9-13/h8-9,11-12H,2-7H2,1H3/t11-,12-. The molecule has 0 atom stereocenters. The first kappa shape index (κ1) is 14.7. The largest absolute Gasteiger partial charge is 0.192 e. The summed E-state index contributed by atoms with van der Waals surface area (Å²) >= 11 is 12.3. The average Bonchev–Trinajstić information content (AvgIpc) is 2.39. The van der Waals surface area contributed by atoms with Gasteiger partial charge in [0.2, 0.25) is 0 Å². The summed E-state index contributed by atoms with van der Waals surface area (Å²) in [4.78, 5) is 0. The highest BCUT2D eigenvalue weighted by atomic mass is 35.5. The molecule has 0 unspecified atom stereocenters. The number of nitrogens with zero attached hydrogens (tertiary/aromatic N) is 1. The molecular weight excluding hydrogens is 277 g/mol. The number of hydrogen-bond acceptors (Lipinski definition) is 1. The molecule has 0 radical (unpaired) electrons. The van der Waals surface area contributed by atoms with Gasteiger partial charge in [0.05, 0.1) is 15.6 Å². The molecule has 0 aromatic heterocycles. The summed E-state index contributed by atoms with van der Waals surface area (Å²) in [6.45, 7) is 2.26. The van der Waals surface area contributed by atoms with Crippen molar-refractivity contribution >= 4 is 23.2 Å². The lowest BCUT2D eigenvalue weighted by atomic mass is 9.77. The molecule has 1 aromatic carbocycles. The Morgan fingerprint density at radius 2 is 1.74 bits per heavy atom. The van der Waals surface area contributed by atoms with Gasteiger partial charge in [-0.25, -0.2) is 0 Å². The predicted octanol–water partition coefficient (Wildman–Crippen LogP) is 5.94. The predicted molar refractivity (Wildman–Crippen MR) is 80.8 cm³/mol. The molecule has 0 bridgehead atoms. The Hall–Kier alpha value is -0.710. The van der Waals surface area contributed by atoms with Gasteiger partial charge in [-0.05, 0) is 55.2 Å². The molecule has 1 nitrogen and oxygen atoms in total. The third-order valence-corrected chi connectivity index (χ3v) is 4.79. The molecule has 102 valence electrons. The summed E-state index contributed by atoms with van der Waals surface area (Å²) in [5.41, 5.74) is 1.59. The lowest BCUT2D eigenvalue weighted by Gasteiger charge is -2.29. The maximum Gasteiger partial charge on any atom is 0.102 e. The molecule has 2 rings (SSSR count). The summed E-state index contributed by atoms with van der Waals surface area (Å²) in [5.74, 6) is 1.45. The molecule has 0 aliphatic heterocycles. The van der Waals surface area contributed by atoms with E-state index in [1.807, 2.05) is 12.1 Å². The van der Waals surface area contributed by atoms with Gasteiger partial charge >= 0.3 is 0 Å². The van der Waals surface area contributed by atoms with Crippen LogP contribution in [0.2, 0.25) is 10.0 Å². The minimum atomic E-state index is 0.395. The van der Waals surface area contributed by atoms with Gasteiger partial charge in [-0.3, -0.25) is 0 Å². The van der Waals surface area contributed by atoms with Gasteiger partial charge in [0, 0.05) is 0 Å². The topological polar surface area (TPSA) is 23.8 Å². The Balaban J connectivity index is 2.10. The third-order valence-electron chi connectivity index (χ3n) is 4.19. The molecule has 0 amide bonds. The maximum absolute atomic E-state index is 8.98. The highest BCUT2D eigenvalue weighted by Crippen LogP contribution is 2.39. The maximum atomic E-state index is 8.98. The molecular formula is C16H19Cl2N. The Labute approximate surface area is 125 Å². The van der Waals surface area contributed by atoms with Crippen molar-refractivity contribution in [1.82, 2.24) is 0 Å². The fourth-order valence-electron chi connectivity index (χ4n) is 3.13. The number of halogens is 2. The third kappa shape index (κ3) is 3.44. The lowest BCUT2D eigenvalue weighted by molar-refractivity contribution is 0.308. The first-order chi connectivity index (χ1) is 9.15. The van der Waals surface area contributed by atoms with E-state index in [1.165, 1.54) is 44.1 Å². The van der Waals surface area contributed by atoms with E-state index in [4.69, 9.17) is 28.5 Å². The van der Waals surface area contributed by atoms with E-state index in [9.17, 15) is 0 Å². The smallest absolute Gasteiger partial charge is 0.102 e. The van der Waals surface area contributed by atoms with Gasteiger partial charge in [0.25, 0.3) is 0 Å². The van der Waals surface area contributed by atoms with Crippen LogP contribution in [0.25, 0.3) is 0 Å². The van der Waals surface area contributed by atoms with Crippen LogP contribution in [0.4, 0.5) is 0 Å². The van der Waals surface area contributed by atoms with Gasteiger partial charge in [-0.1, -0.05) is 43.0 Å². The Morgan fingerprint density at radius 3 is 2.21 bits per heavy atom. The quantitative estimate of drug-likeness (QED) is 0.677. The molecule has 1 aromatic rings. The fourth-order valence-corrected chi connectivity index (χ4v) is 3.72. The van der Waals surface area contributed by atoms with Gasteiger partial charge in [0.15, 0.2) is 0 Å². The minimum Gasteiger partial charge on any atom is -0.192 e. The Kier molecular flexibility index (Phi) is 5.13. The van der Waals surface area contributed by atoms with E-state index in [0.717, 1.165) is 5.92 Å². The molecule has 0 N–H and O–H groups in total. The van der Waals surface area contributed by atoms with Crippen molar-refractivity contribution in [3.05, 3.63) is 33.3 Å². The van der Waals surface area contributed by atoms with Gasteiger partial charge in [-0.2, -0.15) is 5.26 Å². The van der Waals surface area contributed by atoms with Crippen molar-refractivity contribution in [2.24, 2.45) is 5.92 Å². The summed E-state index contributed by atoms with van der Waals surface area (Å²) in [7, 11) is 0. The van der Waals surface area contributed by atoms with Crippen LogP contribution in [-0.4, -0.2) is 0 Å². The number of nitriles is 1. The van der Waals surface area contributed by atoms with Crippen LogP contribution in [0.15, 0.2) is 12.1 Å². The van der Waals surface area contributed by atoms with Crippen molar-refractivity contribution in [3.63, 3.8) is 0 Å². The van der Waals surface area contributed by atoms with E-state index in [2.05, 4.69) is 13.0 Å². The molecule has 3 heteroatoms. The summed E-state index contributed by atoms with van der Waals surface area (Å²) < 4.78 is 0. The molecule has 0 heterocycles. The normalized spacial score (nSPS) is 23.1. The number of benzene rings is 1. The summed E-state index contributed by atoms with van der Waals surface area (Å²) in [6.07, 6.45) is 7.65. The molecule has 19 heavy (non-hydrogen) atoms. The average molecular weight is 296 g/mol. The van der Waals surface area contributed by atoms with E-state index < -0.39 is 0 Å². The van der Waals surface area contributed by atoms with Crippen LogP contribution in [0.5, 0.6) is 0 Å². The van der Waals surface area contributed by atoms with E-state index in [0.29, 0.717) is 21.5 Å². The first-order valence-corrected chi connectivity index (χ1v) is 7.80. The second kappa shape index (κ2) is 6.64. The zero-order valence-corrected chi connectivity index (χ0v) is 12.8. The zero-order valence-electron chi connectivity index (χ0n) is 11.3. The summed E-state index contributed by atoms with van der Waals surface area (Å²) in [5, 5.41) is 9.95. The second-order valence-electron chi connectivity index (χ2n) is 5.48. The Bertz CT molecular complexity index is 459. The second-order valence-corrected chi connectivity index (χ2v) is 6.29. The van der Waals surface area contributed by atoms with Crippen molar-refractivity contribution in [3.8, 4) is 6.07 Å². The Morgan fingerprint density at radius 1 is 1.16 bits per heavy atom. The first-order valence-electron chi connectivity index (χ1n) is 7.04. The van der Waals surface area contributed by atoms with Crippen LogP contribution < -0.4 is 0 Å². The molecule has 0 saturated heterocycles. The highest BCUT2D eigenvalue weighted by Gasteiger charge is 2.23. The van der Waals surface area contributed by atoms with Crippen LogP contribution in [-0.2, 0) is 0 Å². The van der Waals surface area contributed by atoms with Crippen molar-refractivity contribution in [1.29, 1.82) is 5.26 Å². The lowest BCUT2D eigenvalue weighted by Crippen LogP contribution is -2.13. The van der Waals surface area contributed by atoms with Crippen LogP contribution in [0, 0.1) is 17.2 Å². The van der Waals surface area contributed by atoms with E-state index in [1.54, 1.807) is 0 Å². The number of rotatable bonds is 3. The molecule has 1 saturated carbocycles. The molecule has 0 spiro atoms. The molecule has 1 fully saturated rings. The van der Waals surface area contributed by atoms with Crippen molar-refractivity contribution < 1.29 is 0 Å². The van der Waals surface area contributed by atoms with Gasteiger partial charge < -0.3 is 0 Å². The summed E-state index contributed by atoms with van der Waals surface area (Å²) in [6, 6.07) is 5.91. The zero-order chi connectivity index (χ0) is 13.8. The van der Waals surface area contributed by atoms with Crippen LogP contribution in [0.3, 0.4) is 0 Å². The van der Waals surface area contributed by atoms with Crippen molar-refractivity contribution in [2.45, 2.75) is 51.4 Å². The fraction of sp³-hybridized carbons (Fsp3) is 0.562. The minimum absolute atomic E-state index is 0.395. The number of hydrogen-bond donors (Lipinski definition) is 0.